The molecule has 0 fully saturated rings. The number of hydrogen-bond donors (Lipinski definition) is 1. The number of hydrogen-bond acceptors (Lipinski definition) is 4. The summed E-state index contributed by atoms with van der Waals surface area (Å²) in [6.07, 6.45) is 0. The van der Waals surface area contributed by atoms with E-state index in [0.29, 0.717) is 11.4 Å². The summed E-state index contributed by atoms with van der Waals surface area (Å²) in [7, 11) is -3.42. The molecular weight excluding hydrogens is 252 g/mol. The van der Waals surface area contributed by atoms with E-state index in [1.54, 1.807) is 45.0 Å². The van der Waals surface area contributed by atoms with E-state index in [1.807, 2.05) is 6.07 Å². The van der Waals surface area contributed by atoms with Crippen LogP contribution in [-0.2, 0) is 10.0 Å². The number of rotatable bonds is 4. The molecule has 1 aromatic rings. The lowest BCUT2D eigenvalue weighted by Gasteiger charge is -2.20. The van der Waals surface area contributed by atoms with Gasteiger partial charge in [0.05, 0.1) is 4.75 Å². The fourth-order valence-electron chi connectivity index (χ4n) is 1.04. The summed E-state index contributed by atoms with van der Waals surface area (Å²) >= 11 is 0. The second-order valence-corrected chi connectivity index (χ2v) is 7.12. The second kappa shape index (κ2) is 5.27. The Morgan fingerprint density at radius 3 is 2.28 bits per heavy atom. The van der Waals surface area contributed by atoms with E-state index in [2.05, 4.69) is 4.72 Å². The van der Waals surface area contributed by atoms with Gasteiger partial charge in [0.1, 0.15) is 11.8 Å². The number of nitriles is 1. The maximum absolute atomic E-state index is 11.9. The van der Waals surface area contributed by atoms with Crippen LogP contribution >= 0.6 is 0 Å². The molecular formula is C12H16N2O3S. The minimum atomic E-state index is -3.42. The summed E-state index contributed by atoms with van der Waals surface area (Å²) in [5, 5.41) is 8.36. The molecule has 1 aromatic carbocycles. The van der Waals surface area contributed by atoms with Crippen molar-refractivity contribution in [3.8, 4) is 11.8 Å². The largest absolute Gasteiger partial charge is 0.479 e. The van der Waals surface area contributed by atoms with Crippen LogP contribution in [0.5, 0.6) is 5.75 Å². The van der Waals surface area contributed by atoms with Gasteiger partial charge in [-0.15, -0.1) is 0 Å². The Labute approximate surface area is 107 Å². The van der Waals surface area contributed by atoms with Crippen LogP contribution in [0.15, 0.2) is 24.3 Å². The molecule has 0 unspecified atom stereocenters. The highest BCUT2D eigenvalue weighted by molar-refractivity contribution is 7.94. The molecule has 1 rings (SSSR count). The molecule has 5 nitrogen and oxygen atoms in total. The Balaban J connectivity index is 2.79. The van der Waals surface area contributed by atoms with Crippen LogP contribution in [0, 0.1) is 11.3 Å². The van der Waals surface area contributed by atoms with E-state index in [-0.39, 0.29) is 6.61 Å². The molecule has 0 radical (unpaired) electrons. The highest BCUT2D eigenvalue weighted by Gasteiger charge is 2.28. The first-order valence-corrected chi connectivity index (χ1v) is 6.87. The SMILES string of the molecule is CC(C)(C)S(=O)(=O)Nc1ccc(OCC#N)cc1. The molecule has 0 atom stereocenters. The maximum atomic E-state index is 11.9. The number of nitrogens with one attached hydrogen (secondary N) is 1. The Morgan fingerprint density at radius 1 is 1.28 bits per heavy atom. The van der Waals surface area contributed by atoms with Gasteiger partial charge < -0.3 is 4.74 Å². The standard InChI is InChI=1S/C12H16N2O3S/c1-12(2,3)18(15,16)14-10-4-6-11(7-5-10)17-9-8-13/h4-7,14H,9H2,1-3H3. The summed E-state index contributed by atoms with van der Waals surface area (Å²) < 4.78 is 30.5. The normalized spacial score (nSPS) is 11.7. The van der Waals surface area contributed by atoms with Crippen LogP contribution in [0.25, 0.3) is 0 Å². The Hall–Kier alpha value is -1.74. The molecule has 0 saturated carbocycles. The van der Waals surface area contributed by atoms with Gasteiger partial charge in [-0.25, -0.2) is 8.42 Å². The molecule has 6 heteroatoms. The Kier molecular flexibility index (Phi) is 4.19. The minimum Gasteiger partial charge on any atom is -0.479 e. The molecule has 0 heterocycles. The van der Waals surface area contributed by atoms with Crippen LogP contribution in [0.2, 0.25) is 0 Å². The van der Waals surface area contributed by atoms with Gasteiger partial charge in [0.2, 0.25) is 10.0 Å². The Bertz CT molecular complexity index is 536. The smallest absolute Gasteiger partial charge is 0.237 e. The van der Waals surface area contributed by atoms with Crippen molar-refractivity contribution in [3.63, 3.8) is 0 Å². The van der Waals surface area contributed by atoms with Crippen molar-refractivity contribution in [2.24, 2.45) is 0 Å². The lowest BCUT2D eigenvalue weighted by Crippen LogP contribution is -2.33. The molecule has 1 N–H and O–H groups in total. The number of nitrogens with zero attached hydrogens (tertiary/aromatic N) is 1. The molecule has 0 spiro atoms. The zero-order chi connectivity index (χ0) is 13.8. The van der Waals surface area contributed by atoms with Crippen molar-refractivity contribution < 1.29 is 13.2 Å². The first-order chi connectivity index (χ1) is 8.26. The van der Waals surface area contributed by atoms with Crippen molar-refractivity contribution in [1.29, 1.82) is 5.26 Å². The zero-order valence-corrected chi connectivity index (χ0v) is 11.4. The number of ether oxygens (including phenoxy) is 1. The van der Waals surface area contributed by atoms with Gasteiger partial charge in [0.25, 0.3) is 0 Å². The molecule has 0 aromatic heterocycles. The van der Waals surface area contributed by atoms with Gasteiger partial charge >= 0.3 is 0 Å². The van der Waals surface area contributed by atoms with Crippen molar-refractivity contribution in [2.75, 3.05) is 11.3 Å². The number of sulfonamides is 1. The number of benzene rings is 1. The molecule has 0 aliphatic carbocycles. The van der Waals surface area contributed by atoms with Crippen molar-refractivity contribution in [3.05, 3.63) is 24.3 Å². The Morgan fingerprint density at radius 2 is 1.83 bits per heavy atom. The molecule has 0 aliphatic rings. The highest BCUT2D eigenvalue weighted by Crippen LogP contribution is 2.21. The fourth-order valence-corrected chi connectivity index (χ4v) is 1.80. The monoisotopic (exact) mass is 268 g/mol. The first kappa shape index (κ1) is 14.3. The summed E-state index contributed by atoms with van der Waals surface area (Å²) in [5.74, 6) is 0.523. The van der Waals surface area contributed by atoms with Crippen molar-refractivity contribution in [1.82, 2.24) is 0 Å². The fraction of sp³-hybridized carbons (Fsp3) is 0.417. The third kappa shape index (κ3) is 3.64. The van der Waals surface area contributed by atoms with Crippen LogP contribution < -0.4 is 9.46 Å². The minimum absolute atomic E-state index is 0.0347. The van der Waals surface area contributed by atoms with Gasteiger partial charge in [-0.05, 0) is 45.0 Å². The molecule has 0 amide bonds. The van der Waals surface area contributed by atoms with Gasteiger partial charge in [-0.1, -0.05) is 0 Å². The average Bonchev–Trinajstić information content (AvgIpc) is 2.26. The van der Waals surface area contributed by atoms with E-state index in [1.165, 1.54) is 0 Å². The third-order valence-electron chi connectivity index (χ3n) is 2.22. The van der Waals surface area contributed by atoms with Crippen LogP contribution in [0.1, 0.15) is 20.8 Å². The number of anilines is 1. The second-order valence-electron chi connectivity index (χ2n) is 4.69. The zero-order valence-electron chi connectivity index (χ0n) is 10.6. The molecule has 0 bridgehead atoms. The van der Waals surface area contributed by atoms with E-state index >= 15 is 0 Å². The maximum Gasteiger partial charge on any atom is 0.237 e. The van der Waals surface area contributed by atoms with Gasteiger partial charge in [0.15, 0.2) is 6.61 Å². The average molecular weight is 268 g/mol. The van der Waals surface area contributed by atoms with Gasteiger partial charge in [-0.3, -0.25) is 4.72 Å². The lowest BCUT2D eigenvalue weighted by molar-refractivity contribution is 0.368. The van der Waals surface area contributed by atoms with E-state index in [9.17, 15) is 8.42 Å². The summed E-state index contributed by atoms with van der Waals surface area (Å²) in [6, 6.07) is 8.26. The van der Waals surface area contributed by atoms with Crippen LogP contribution in [0.3, 0.4) is 0 Å². The molecule has 18 heavy (non-hydrogen) atoms. The molecule has 0 saturated heterocycles. The van der Waals surface area contributed by atoms with Crippen LogP contribution in [0.4, 0.5) is 5.69 Å². The van der Waals surface area contributed by atoms with Crippen molar-refractivity contribution in [2.45, 2.75) is 25.5 Å². The van der Waals surface area contributed by atoms with Crippen LogP contribution in [-0.4, -0.2) is 19.8 Å². The van der Waals surface area contributed by atoms with E-state index in [0.717, 1.165) is 0 Å². The topological polar surface area (TPSA) is 79.2 Å². The molecule has 0 aliphatic heterocycles. The first-order valence-electron chi connectivity index (χ1n) is 5.38. The highest BCUT2D eigenvalue weighted by atomic mass is 32.2. The van der Waals surface area contributed by atoms with E-state index in [4.69, 9.17) is 10.00 Å². The van der Waals surface area contributed by atoms with Gasteiger partial charge in [0, 0.05) is 5.69 Å². The summed E-state index contributed by atoms with van der Waals surface area (Å²) in [4.78, 5) is 0. The predicted octanol–water partition coefficient (Wildman–Crippen LogP) is 2.13. The summed E-state index contributed by atoms with van der Waals surface area (Å²) in [5.41, 5.74) is 0.467. The summed E-state index contributed by atoms with van der Waals surface area (Å²) in [6.45, 7) is 4.84. The van der Waals surface area contributed by atoms with Crippen molar-refractivity contribution >= 4 is 15.7 Å². The third-order valence-corrected chi connectivity index (χ3v) is 4.33. The molecule has 98 valence electrons. The lowest BCUT2D eigenvalue weighted by atomic mass is 10.3. The van der Waals surface area contributed by atoms with E-state index < -0.39 is 14.8 Å². The van der Waals surface area contributed by atoms with Gasteiger partial charge in [-0.2, -0.15) is 5.26 Å². The quantitative estimate of drug-likeness (QED) is 0.907. The predicted molar refractivity (Wildman–Crippen MR) is 69.8 cm³/mol.